The van der Waals surface area contributed by atoms with Crippen molar-refractivity contribution in [2.24, 2.45) is 0 Å². The standard InChI is InChI=1S/C14H19NO2S/c1-15(13-4-7-17-8-5-13)10-14-9-12(11-18-14)3-2-6-16/h9,11,13,16H,4-8,10H2,1H3. The molecule has 0 amide bonds. The fourth-order valence-electron chi connectivity index (χ4n) is 2.17. The van der Waals surface area contributed by atoms with E-state index >= 15 is 0 Å². The number of ether oxygens (including phenoxy) is 1. The molecule has 1 N–H and O–H groups in total. The van der Waals surface area contributed by atoms with Gasteiger partial charge in [0.2, 0.25) is 0 Å². The van der Waals surface area contributed by atoms with Gasteiger partial charge in [0, 0.05) is 41.6 Å². The molecule has 0 saturated carbocycles. The van der Waals surface area contributed by atoms with E-state index in [0.29, 0.717) is 6.04 Å². The maximum absolute atomic E-state index is 8.66. The molecular formula is C14H19NO2S. The fourth-order valence-corrected chi connectivity index (χ4v) is 3.05. The molecule has 0 aliphatic carbocycles. The molecule has 1 aromatic heterocycles. The normalized spacial score (nSPS) is 16.6. The summed E-state index contributed by atoms with van der Waals surface area (Å²) in [6.45, 7) is 2.66. The first-order chi connectivity index (χ1) is 8.79. The minimum absolute atomic E-state index is 0.0762. The molecule has 98 valence electrons. The van der Waals surface area contributed by atoms with Crippen LogP contribution in [-0.4, -0.2) is 42.9 Å². The van der Waals surface area contributed by atoms with Gasteiger partial charge in [-0.15, -0.1) is 11.3 Å². The quantitative estimate of drug-likeness (QED) is 0.844. The van der Waals surface area contributed by atoms with Crippen molar-refractivity contribution in [2.75, 3.05) is 26.9 Å². The molecule has 1 aliphatic heterocycles. The molecule has 1 fully saturated rings. The van der Waals surface area contributed by atoms with Crippen molar-refractivity contribution in [2.45, 2.75) is 25.4 Å². The first-order valence-corrected chi connectivity index (χ1v) is 7.12. The Morgan fingerprint density at radius 3 is 3.00 bits per heavy atom. The predicted molar refractivity (Wildman–Crippen MR) is 73.6 cm³/mol. The van der Waals surface area contributed by atoms with E-state index in [1.54, 1.807) is 11.3 Å². The summed E-state index contributed by atoms with van der Waals surface area (Å²) in [6.07, 6.45) is 2.25. The average molecular weight is 265 g/mol. The highest BCUT2D eigenvalue weighted by Gasteiger charge is 2.18. The van der Waals surface area contributed by atoms with Gasteiger partial charge in [-0.05, 0) is 26.0 Å². The van der Waals surface area contributed by atoms with Crippen LogP contribution in [0.3, 0.4) is 0 Å². The summed E-state index contributed by atoms with van der Waals surface area (Å²) < 4.78 is 5.38. The minimum Gasteiger partial charge on any atom is -0.384 e. The highest BCUT2D eigenvalue weighted by Crippen LogP contribution is 2.19. The lowest BCUT2D eigenvalue weighted by atomic mass is 10.1. The van der Waals surface area contributed by atoms with E-state index < -0.39 is 0 Å². The second kappa shape index (κ2) is 6.91. The van der Waals surface area contributed by atoms with Gasteiger partial charge >= 0.3 is 0 Å². The van der Waals surface area contributed by atoms with Crippen molar-refractivity contribution in [3.8, 4) is 11.8 Å². The van der Waals surface area contributed by atoms with Crippen LogP contribution in [0.25, 0.3) is 0 Å². The van der Waals surface area contributed by atoms with Gasteiger partial charge in [0.25, 0.3) is 0 Å². The predicted octanol–water partition coefficient (Wildman–Crippen LogP) is 1.70. The zero-order valence-electron chi connectivity index (χ0n) is 10.7. The van der Waals surface area contributed by atoms with Crippen LogP contribution in [0.1, 0.15) is 23.3 Å². The third-order valence-corrected chi connectivity index (χ3v) is 4.11. The van der Waals surface area contributed by atoms with Gasteiger partial charge in [-0.3, -0.25) is 4.90 Å². The summed E-state index contributed by atoms with van der Waals surface area (Å²) in [6, 6.07) is 2.75. The molecule has 1 saturated heterocycles. The van der Waals surface area contributed by atoms with E-state index in [4.69, 9.17) is 9.84 Å². The van der Waals surface area contributed by atoms with Crippen molar-refractivity contribution in [3.05, 3.63) is 21.9 Å². The molecule has 0 spiro atoms. The van der Waals surface area contributed by atoms with E-state index in [1.807, 2.05) is 0 Å². The maximum atomic E-state index is 8.66. The van der Waals surface area contributed by atoms with Crippen LogP contribution in [0.2, 0.25) is 0 Å². The van der Waals surface area contributed by atoms with E-state index in [2.05, 4.69) is 35.2 Å². The summed E-state index contributed by atoms with van der Waals surface area (Å²) in [4.78, 5) is 3.73. The Morgan fingerprint density at radius 1 is 1.50 bits per heavy atom. The summed E-state index contributed by atoms with van der Waals surface area (Å²) in [5.74, 6) is 5.62. The molecule has 2 heterocycles. The monoisotopic (exact) mass is 265 g/mol. The van der Waals surface area contributed by atoms with Gasteiger partial charge in [-0.1, -0.05) is 11.8 Å². The van der Waals surface area contributed by atoms with Crippen molar-refractivity contribution in [1.82, 2.24) is 4.90 Å². The van der Waals surface area contributed by atoms with E-state index in [9.17, 15) is 0 Å². The van der Waals surface area contributed by atoms with E-state index in [0.717, 1.165) is 38.2 Å². The lowest BCUT2D eigenvalue weighted by molar-refractivity contribution is 0.0410. The number of hydrogen-bond donors (Lipinski definition) is 1. The molecule has 3 nitrogen and oxygen atoms in total. The van der Waals surface area contributed by atoms with Crippen LogP contribution in [0.4, 0.5) is 0 Å². The largest absolute Gasteiger partial charge is 0.384 e. The number of thiophene rings is 1. The molecule has 1 aromatic rings. The van der Waals surface area contributed by atoms with Gasteiger partial charge in [-0.2, -0.15) is 0 Å². The van der Waals surface area contributed by atoms with Crippen molar-refractivity contribution in [3.63, 3.8) is 0 Å². The summed E-state index contributed by atoms with van der Waals surface area (Å²) >= 11 is 1.74. The Hall–Kier alpha value is -0.860. The third-order valence-electron chi connectivity index (χ3n) is 3.18. The van der Waals surface area contributed by atoms with Crippen LogP contribution in [0, 0.1) is 11.8 Å². The van der Waals surface area contributed by atoms with Crippen LogP contribution >= 0.6 is 11.3 Å². The van der Waals surface area contributed by atoms with Gasteiger partial charge in [0.05, 0.1) is 0 Å². The summed E-state index contributed by atoms with van der Waals surface area (Å²) in [5.41, 5.74) is 1.00. The first kappa shape index (κ1) is 13.6. The molecular weight excluding hydrogens is 246 g/mol. The van der Waals surface area contributed by atoms with E-state index in [1.165, 1.54) is 4.88 Å². The average Bonchev–Trinajstić information content (AvgIpc) is 2.85. The molecule has 4 heteroatoms. The van der Waals surface area contributed by atoms with Crippen LogP contribution in [0.5, 0.6) is 0 Å². The molecule has 0 bridgehead atoms. The molecule has 0 atom stereocenters. The first-order valence-electron chi connectivity index (χ1n) is 6.24. The Kier molecular flexibility index (Phi) is 5.21. The number of aliphatic hydroxyl groups excluding tert-OH is 1. The van der Waals surface area contributed by atoms with Crippen molar-refractivity contribution in [1.29, 1.82) is 0 Å². The molecule has 1 aliphatic rings. The van der Waals surface area contributed by atoms with Crippen LogP contribution < -0.4 is 0 Å². The molecule has 0 aromatic carbocycles. The highest BCUT2D eigenvalue weighted by molar-refractivity contribution is 7.10. The molecule has 0 unspecified atom stereocenters. The highest BCUT2D eigenvalue weighted by atomic mass is 32.1. The third kappa shape index (κ3) is 3.82. The van der Waals surface area contributed by atoms with Gasteiger partial charge in [-0.25, -0.2) is 0 Å². The molecule has 18 heavy (non-hydrogen) atoms. The Morgan fingerprint density at radius 2 is 2.28 bits per heavy atom. The number of aliphatic hydroxyl groups is 1. The Balaban J connectivity index is 1.90. The van der Waals surface area contributed by atoms with Crippen LogP contribution in [0.15, 0.2) is 11.4 Å². The number of rotatable bonds is 3. The lowest BCUT2D eigenvalue weighted by Crippen LogP contribution is -2.35. The Labute approximate surface area is 112 Å². The van der Waals surface area contributed by atoms with Crippen LogP contribution in [-0.2, 0) is 11.3 Å². The minimum atomic E-state index is -0.0762. The summed E-state index contributed by atoms with van der Waals surface area (Å²) in [7, 11) is 2.18. The summed E-state index contributed by atoms with van der Waals surface area (Å²) in [5, 5.41) is 10.7. The van der Waals surface area contributed by atoms with Crippen molar-refractivity contribution >= 4 is 11.3 Å². The topological polar surface area (TPSA) is 32.7 Å². The molecule has 0 radical (unpaired) electrons. The van der Waals surface area contributed by atoms with Gasteiger partial charge in [0.15, 0.2) is 0 Å². The number of nitrogens with zero attached hydrogens (tertiary/aromatic N) is 1. The number of hydrogen-bond acceptors (Lipinski definition) is 4. The van der Waals surface area contributed by atoms with Gasteiger partial charge < -0.3 is 9.84 Å². The smallest absolute Gasteiger partial charge is 0.104 e. The van der Waals surface area contributed by atoms with E-state index in [-0.39, 0.29) is 6.61 Å². The second-order valence-electron chi connectivity index (χ2n) is 4.52. The van der Waals surface area contributed by atoms with Crippen molar-refractivity contribution < 1.29 is 9.84 Å². The molecule has 2 rings (SSSR count). The zero-order valence-corrected chi connectivity index (χ0v) is 11.5. The fraction of sp³-hybridized carbons (Fsp3) is 0.571. The lowest BCUT2D eigenvalue weighted by Gasteiger charge is -2.30. The SMILES string of the molecule is CN(Cc1cc(C#CCO)cs1)C1CCOCC1. The second-order valence-corrected chi connectivity index (χ2v) is 5.52. The zero-order chi connectivity index (χ0) is 12.8. The van der Waals surface area contributed by atoms with Gasteiger partial charge in [0.1, 0.15) is 6.61 Å². The maximum Gasteiger partial charge on any atom is 0.104 e. The Bertz CT molecular complexity index is 426.